The molecule has 0 bridgehead atoms. The van der Waals surface area contributed by atoms with Crippen LogP contribution < -0.4 is 10.6 Å². The quantitative estimate of drug-likeness (QED) is 0.835. The van der Waals surface area contributed by atoms with E-state index in [9.17, 15) is 9.59 Å². The Hall–Kier alpha value is -1.36. The van der Waals surface area contributed by atoms with Gasteiger partial charge in [0, 0.05) is 6.04 Å². The van der Waals surface area contributed by atoms with Crippen LogP contribution >= 0.6 is 11.3 Å². The average Bonchev–Trinajstić information content (AvgIpc) is 2.68. The number of thiophene rings is 1. The normalized spacial score (nSPS) is 12.2. The SMILES string of the molecule is CC(C)NC(=O)C(C)NC(=O)c1cccs1. The molecule has 1 unspecified atom stereocenters. The van der Waals surface area contributed by atoms with Crippen molar-refractivity contribution in [2.24, 2.45) is 0 Å². The molecule has 1 atom stereocenters. The summed E-state index contributed by atoms with van der Waals surface area (Å²) in [4.78, 5) is 23.8. The van der Waals surface area contributed by atoms with E-state index in [0.717, 1.165) is 0 Å². The zero-order chi connectivity index (χ0) is 12.1. The lowest BCUT2D eigenvalue weighted by Crippen LogP contribution is -2.46. The molecule has 0 aliphatic carbocycles. The number of amides is 2. The maximum Gasteiger partial charge on any atom is 0.261 e. The van der Waals surface area contributed by atoms with Crippen LogP contribution in [0.5, 0.6) is 0 Å². The van der Waals surface area contributed by atoms with Crippen LogP contribution in [0.15, 0.2) is 17.5 Å². The van der Waals surface area contributed by atoms with Crippen molar-refractivity contribution in [1.29, 1.82) is 0 Å². The van der Waals surface area contributed by atoms with Crippen molar-refractivity contribution in [3.63, 3.8) is 0 Å². The molecular weight excluding hydrogens is 224 g/mol. The standard InChI is InChI=1S/C11H16N2O2S/c1-7(2)12-10(14)8(3)13-11(15)9-5-4-6-16-9/h4-8H,1-3H3,(H,12,14)(H,13,15). The highest BCUT2D eigenvalue weighted by Gasteiger charge is 2.17. The highest BCUT2D eigenvalue weighted by atomic mass is 32.1. The summed E-state index contributed by atoms with van der Waals surface area (Å²) in [7, 11) is 0. The zero-order valence-corrected chi connectivity index (χ0v) is 10.4. The van der Waals surface area contributed by atoms with Crippen LogP contribution in [0, 0.1) is 0 Å². The lowest BCUT2D eigenvalue weighted by Gasteiger charge is -2.15. The Morgan fingerprint density at radius 3 is 2.44 bits per heavy atom. The van der Waals surface area contributed by atoms with E-state index in [-0.39, 0.29) is 17.9 Å². The van der Waals surface area contributed by atoms with Crippen molar-refractivity contribution < 1.29 is 9.59 Å². The van der Waals surface area contributed by atoms with Crippen LogP contribution in [0.2, 0.25) is 0 Å². The fourth-order valence-electron chi connectivity index (χ4n) is 1.15. The average molecular weight is 240 g/mol. The fourth-order valence-corrected chi connectivity index (χ4v) is 1.78. The Balaban J connectivity index is 2.48. The first kappa shape index (κ1) is 12.7. The van der Waals surface area contributed by atoms with Crippen LogP contribution in [0.25, 0.3) is 0 Å². The van der Waals surface area contributed by atoms with Gasteiger partial charge in [0.15, 0.2) is 0 Å². The summed E-state index contributed by atoms with van der Waals surface area (Å²) in [6.07, 6.45) is 0. The second-order valence-corrected chi connectivity index (χ2v) is 4.78. The van der Waals surface area contributed by atoms with Gasteiger partial charge in [0.05, 0.1) is 4.88 Å². The van der Waals surface area contributed by atoms with Gasteiger partial charge in [-0.2, -0.15) is 0 Å². The molecule has 0 radical (unpaired) electrons. The van der Waals surface area contributed by atoms with Crippen molar-refractivity contribution in [1.82, 2.24) is 10.6 Å². The van der Waals surface area contributed by atoms with Crippen molar-refractivity contribution in [2.75, 3.05) is 0 Å². The molecular formula is C11H16N2O2S. The minimum Gasteiger partial charge on any atom is -0.352 e. The Labute approximate surface area is 99.0 Å². The van der Waals surface area contributed by atoms with Gasteiger partial charge in [-0.05, 0) is 32.2 Å². The summed E-state index contributed by atoms with van der Waals surface area (Å²) < 4.78 is 0. The molecule has 0 aromatic carbocycles. The van der Waals surface area contributed by atoms with Crippen molar-refractivity contribution in [2.45, 2.75) is 32.9 Å². The summed E-state index contributed by atoms with van der Waals surface area (Å²) in [6.45, 7) is 5.43. The molecule has 1 aromatic heterocycles. The first-order valence-electron chi connectivity index (χ1n) is 5.15. The maximum absolute atomic E-state index is 11.6. The number of nitrogens with one attached hydrogen (secondary N) is 2. The molecule has 16 heavy (non-hydrogen) atoms. The van der Waals surface area contributed by atoms with Gasteiger partial charge in [-0.25, -0.2) is 0 Å². The van der Waals surface area contributed by atoms with Gasteiger partial charge in [-0.15, -0.1) is 11.3 Å². The monoisotopic (exact) mass is 240 g/mol. The largest absolute Gasteiger partial charge is 0.352 e. The van der Waals surface area contributed by atoms with Gasteiger partial charge in [0.1, 0.15) is 6.04 Å². The Morgan fingerprint density at radius 2 is 1.94 bits per heavy atom. The highest BCUT2D eigenvalue weighted by molar-refractivity contribution is 7.12. The predicted molar refractivity (Wildman–Crippen MR) is 64.5 cm³/mol. The van der Waals surface area contributed by atoms with Gasteiger partial charge in [-0.1, -0.05) is 6.07 Å². The smallest absolute Gasteiger partial charge is 0.261 e. The predicted octanol–water partition coefficient (Wildman–Crippen LogP) is 1.39. The molecule has 88 valence electrons. The van der Waals surface area contributed by atoms with Crippen LogP contribution in [0.4, 0.5) is 0 Å². The summed E-state index contributed by atoms with van der Waals surface area (Å²) in [5.41, 5.74) is 0. The number of carbonyl (C=O) groups excluding carboxylic acids is 2. The van der Waals surface area contributed by atoms with Crippen LogP contribution in [-0.2, 0) is 4.79 Å². The molecule has 0 fully saturated rings. The van der Waals surface area contributed by atoms with Gasteiger partial charge < -0.3 is 10.6 Å². The topological polar surface area (TPSA) is 58.2 Å². The maximum atomic E-state index is 11.6. The van der Waals surface area contributed by atoms with E-state index in [1.54, 1.807) is 19.1 Å². The number of hydrogen-bond acceptors (Lipinski definition) is 3. The zero-order valence-electron chi connectivity index (χ0n) is 9.61. The minimum absolute atomic E-state index is 0.0774. The van der Waals surface area contributed by atoms with Crippen LogP contribution in [-0.4, -0.2) is 23.9 Å². The lowest BCUT2D eigenvalue weighted by molar-refractivity contribution is -0.123. The molecule has 0 spiro atoms. The molecule has 1 aromatic rings. The van der Waals surface area contributed by atoms with Gasteiger partial charge in [0.25, 0.3) is 5.91 Å². The molecule has 0 aliphatic heterocycles. The third-order valence-electron chi connectivity index (χ3n) is 1.92. The van der Waals surface area contributed by atoms with E-state index in [1.165, 1.54) is 11.3 Å². The second-order valence-electron chi connectivity index (χ2n) is 3.84. The van der Waals surface area contributed by atoms with E-state index in [2.05, 4.69) is 10.6 Å². The fraction of sp³-hybridized carbons (Fsp3) is 0.455. The number of hydrogen-bond donors (Lipinski definition) is 2. The lowest BCUT2D eigenvalue weighted by atomic mass is 10.2. The molecule has 2 N–H and O–H groups in total. The molecule has 1 heterocycles. The molecule has 0 saturated heterocycles. The number of carbonyl (C=O) groups is 2. The molecule has 1 rings (SSSR count). The van der Waals surface area contributed by atoms with Crippen molar-refractivity contribution >= 4 is 23.2 Å². The summed E-state index contributed by atoms with van der Waals surface area (Å²) in [5.74, 6) is -0.374. The number of rotatable bonds is 4. The molecule has 5 heteroatoms. The van der Waals surface area contributed by atoms with E-state index in [0.29, 0.717) is 4.88 Å². The third-order valence-corrected chi connectivity index (χ3v) is 2.79. The molecule has 4 nitrogen and oxygen atoms in total. The molecule has 0 aliphatic rings. The minimum atomic E-state index is -0.517. The third kappa shape index (κ3) is 3.66. The molecule has 0 saturated carbocycles. The second kappa shape index (κ2) is 5.65. The Bertz CT molecular complexity index is 360. The summed E-state index contributed by atoms with van der Waals surface area (Å²) in [6, 6.07) is 3.09. The first-order valence-corrected chi connectivity index (χ1v) is 6.03. The van der Waals surface area contributed by atoms with Gasteiger partial charge in [-0.3, -0.25) is 9.59 Å². The van der Waals surface area contributed by atoms with Gasteiger partial charge >= 0.3 is 0 Å². The Kier molecular flexibility index (Phi) is 4.49. The Morgan fingerprint density at radius 1 is 1.25 bits per heavy atom. The van der Waals surface area contributed by atoms with Gasteiger partial charge in [0.2, 0.25) is 5.91 Å². The van der Waals surface area contributed by atoms with Crippen molar-refractivity contribution in [3.8, 4) is 0 Å². The molecule has 2 amide bonds. The van der Waals surface area contributed by atoms with E-state index in [4.69, 9.17) is 0 Å². The van der Waals surface area contributed by atoms with E-state index < -0.39 is 6.04 Å². The van der Waals surface area contributed by atoms with Crippen molar-refractivity contribution in [3.05, 3.63) is 22.4 Å². The van der Waals surface area contributed by atoms with E-state index in [1.807, 2.05) is 19.2 Å². The van der Waals surface area contributed by atoms with Crippen LogP contribution in [0.3, 0.4) is 0 Å². The summed E-state index contributed by atoms with van der Waals surface area (Å²) in [5, 5.41) is 7.22. The highest BCUT2D eigenvalue weighted by Crippen LogP contribution is 2.08. The van der Waals surface area contributed by atoms with Crippen LogP contribution in [0.1, 0.15) is 30.4 Å². The first-order chi connectivity index (χ1) is 7.50. The van der Waals surface area contributed by atoms with E-state index >= 15 is 0 Å². The summed E-state index contributed by atoms with van der Waals surface area (Å²) >= 11 is 1.35.